The van der Waals surface area contributed by atoms with Gasteiger partial charge >= 0.3 is 0 Å². The van der Waals surface area contributed by atoms with E-state index in [4.69, 9.17) is 10.4 Å². The van der Waals surface area contributed by atoms with Crippen LogP contribution >= 0.6 is 11.8 Å². The van der Waals surface area contributed by atoms with Crippen molar-refractivity contribution in [3.05, 3.63) is 0 Å². The summed E-state index contributed by atoms with van der Waals surface area (Å²) in [5.74, 6) is 0. The molecule has 4 nitrogen and oxygen atoms in total. The minimum atomic E-state index is 0.0111. The minimum absolute atomic E-state index is 0.0111. The van der Waals surface area contributed by atoms with E-state index in [-0.39, 0.29) is 6.61 Å². The fourth-order valence-electron chi connectivity index (χ4n) is 0.354. The van der Waals surface area contributed by atoms with Crippen molar-refractivity contribution in [1.82, 2.24) is 5.32 Å². The van der Waals surface area contributed by atoms with Crippen molar-refractivity contribution < 1.29 is 5.11 Å². The molecule has 0 aliphatic rings. The summed E-state index contributed by atoms with van der Waals surface area (Å²) in [6.07, 6.45) is 3.55. The van der Waals surface area contributed by atoms with Gasteiger partial charge in [0.1, 0.15) is 0 Å². The van der Waals surface area contributed by atoms with E-state index in [1.807, 2.05) is 0 Å². The SMILES string of the molecule is CS/C(=N\CCO)NC#N. The topological polar surface area (TPSA) is 68.4 Å². The highest BCUT2D eigenvalue weighted by Gasteiger charge is 1.90. The van der Waals surface area contributed by atoms with Gasteiger partial charge < -0.3 is 5.11 Å². The molecule has 0 rings (SSSR count). The lowest BCUT2D eigenvalue weighted by Crippen LogP contribution is -2.14. The van der Waals surface area contributed by atoms with Gasteiger partial charge in [0.05, 0.1) is 13.2 Å². The molecule has 0 aliphatic heterocycles. The second-order valence-electron chi connectivity index (χ2n) is 1.35. The molecule has 0 heterocycles. The molecule has 0 fully saturated rings. The summed E-state index contributed by atoms with van der Waals surface area (Å²) in [6.45, 7) is 0.349. The molecule has 0 atom stereocenters. The second kappa shape index (κ2) is 6.39. The highest BCUT2D eigenvalue weighted by molar-refractivity contribution is 8.13. The first kappa shape index (κ1) is 9.27. The molecule has 0 aromatic carbocycles. The van der Waals surface area contributed by atoms with Gasteiger partial charge in [-0.1, -0.05) is 11.8 Å². The van der Waals surface area contributed by atoms with Gasteiger partial charge in [-0.2, -0.15) is 5.26 Å². The molecular weight excluding hydrogens is 150 g/mol. The molecule has 56 valence electrons. The van der Waals surface area contributed by atoms with Crippen molar-refractivity contribution in [2.24, 2.45) is 4.99 Å². The summed E-state index contributed by atoms with van der Waals surface area (Å²) in [7, 11) is 0. The number of hydrogen-bond donors (Lipinski definition) is 2. The maximum Gasteiger partial charge on any atom is 0.183 e. The Labute approximate surface area is 64.0 Å². The number of nitrogens with one attached hydrogen (secondary N) is 1. The third-order valence-electron chi connectivity index (χ3n) is 0.712. The molecule has 0 saturated carbocycles. The molecule has 10 heavy (non-hydrogen) atoms. The Kier molecular flexibility index (Phi) is 5.92. The number of thioether (sulfide) groups is 1. The van der Waals surface area contributed by atoms with E-state index in [1.54, 1.807) is 12.4 Å². The number of hydrogen-bond acceptors (Lipinski definition) is 4. The lowest BCUT2D eigenvalue weighted by molar-refractivity contribution is 0.307. The van der Waals surface area contributed by atoms with Gasteiger partial charge in [0, 0.05) is 0 Å². The van der Waals surface area contributed by atoms with Crippen molar-refractivity contribution in [1.29, 1.82) is 5.26 Å². The van der Waals surface area contributed by atoms with Gasteiger partial charge in [-0.15, -0.1) is 0 Å². The molecule has 0 radical (unpaired) electrons. The van der Waals surface area contributed by atoms with Crippen LogP contribution in [0.1, 0.15) is 0 Å². The van der Waals surface area contributed by atoms with Gasteiger partial charge in [-0.05, 0) is 6.26 Å². The van der Waals surface area contributed by atoms with E-state index >= 15 is 0 Å². The van der Waals surface area contributed by atoms with Crippen molar-refractivity contribution in [3.8, 4) is 6.19 Å². The Balaban J connectivity index is 3.69. The smallest absolute Gasteiger partial charge is 0.183 e. The van der Waals surface area contributed by atoms with Crippen LogP contribution in [0.15, 0.2) is 4.99 Å². The van der Waals surface area contributed by atoms with E-state index in [2.05, 4.69) is 10.3 Å². The molecule has 0 aromatic heterocycles. The largest absolute Gasteiger partial charge is 0.394 e. The number of aliphatic hydroxyl groups is 1. The fourth-order valence-corrected chi connectivity index (χ4v) is 0.723. The van der Waals surface area contributed by atoms with Gasteiger partial charge in [0.15, 0.2) is 11.4 Å². The normalized spacial score (nSPS) is 10.7. The van der Waals surface area contributed by atoms with Crippen molar-refractivity contribution in [2.45, 2.75) is 0 Å². The summed E-state index contributed by atoms with van der Waals surface area (Å²) >= 11 is 1.34. The zero-order valence-corrected chi connectivity index (χ0v) is 6.48. The predicted octanol–water partition coefficient (Wildman–Crippen LogP) is -0.232. The van der Waals surface area contributed by atoms with Crippen LogP contribution in [-0.2, 0) is 0 Å². The zero-order valence-electron chi connectivity index (χ0n) is 5.66. The van der Waals surface area contributed by atoms with E-state index < -0.39 is 0 Å². The summed E-state index contributed by atoms with van der Waals surface area (Å²) in [5.41, 5.74) is 0. The first-order valence-corrected chi connectivity index (χ1v) is 3.92. The summed E-state index contributed by atoms with van der Waals surface area (Å²) in [6, 6.07) is 0. The minimum Gasteiger partial charge on any atom is -0.394 e. The highest BCUT2D eigenvalue weighted by Crippen LogP contribution is 1.92. The number of nitriles is 1. The van der Waals surface area contributed by atoms with Crippen molar-refractivity contribution in [3.63, 3.8) is 0 Å². The average molecular weight is 159 g/mol. The Morgan fingerprint density at radius 3 is 3.00 bits per heavy atom. The maximum atomic E-state index is 8.35. The molecule has 5 heteroatoms. The summed E-state index contributed by atoms with van der Waals surface area (Å²) in [4.78, 5) is 3.85. The Morgan fingerprint density at radius 2 is 2.60 bits per heavy atom. The summed E-state index contributed by atoms with van der Waals surface area (Å²) in [5, 5.41) is 19.4. The monoisotopic (exact) mass is 159 g/mol. The molecule has 0 spiro atoms. The molecule has 0 saturated heterocycles. The quantitative estimate of drug-likeness (QED) is 0.253. The summed E-state index contributed by atoms with van der Waals surface area (Å²) < 4.78 is 0. The maximum absolute atomic E-state index is 8.35. The van der Waals surface area contributed by atoms with Crippen LogP contribution in [0.3, 0.4) is 0 Å². The molecule has 0 bridgehead atoms. The molecule has 0 unspecified atom stereocenters. The molecule has 0 amide bonds. The van der Waals surface area contributed by atoms with Gasteiger partial charge in [-0.25, -0.2) is 0 Å². The van der Waals surface area contributed by atoms with Gasteiger partial charge in [0.2, 0.25) is 0 Å². The number of aliphatic hydroxyl groups excluding tert-OH is 1. The van der Waals surface area contributed by atoms with E-state index in [0.717, 1.165) is 0 Å². The third kappa shape index (κ3) is 4.18. The third-order valence-corrected chi connectivity index (χ3v) is 1.33. The molecule has 2 N–H and O–H groups in total. The van der Waals surface area contributed by atoms with E-state index in [1.165, 1.54) is 11.8 Å². The first-order valence-electron chi connectivity index (χ1n) is 2.69. The standard InChI is InChI=1S/C5H9N3OS/c1-10-5(8-4-6)7-2-3-9/h9H,2-3H2,1H3,(H,7,8). The van der Waals surface area contributed by atoms with E-state index in [9.17, 15) is 0 Å². The van der Waals surface area contributed by atoms with Crippen LogP contribution in [0.4, 0.5) is 0 Å². The van der Waals surface area contributed by atoms with Crippen LogP contribution in [0, 0.1) is 11.5 Å². The van der Waals surface area contributed by atoms with Crippen LogP contribution in [0.25, 0.3) is 0 Å². The Morgan fingerprint density at radius 1 is 1.90 bits per heavy atom. The predicted molar refractivity (Wildman–Crippen MR) is 41.7 cm³/mol. The van der Waals surface area contributed by atoms with E-state index in [0.29, 0.717) is 11.7 Å². The van der Waals surface area contributed by atoms with Crippen LogP contribution in [-0.4, -0.2) is 29.7 Å². The lowest BCUT2D eigenvalue weighted by atomic mass is 10.7. The number of rotatable bonds is 2. The molecular formula is C5H9N3OS. The zero-order chi connectivity index (χ0) is 7.82. The second-order valence-corrected chi connectivity index (χ2v) is 2.15. The number of aliphatic imine (C=N–C) groups is 1. The number of nitrogens with zero attached hydrogens (tertiary/aromatic N) is 2. The van der Waals surface area contributed by atoms with Gasteiger partial charge in [-0.3, -0.25) is 10.3 Å². The lowest BCUT2D eigenvalue weighted by Gasteiger charge is -1.96. The van der Waals surface area contributed by atoms with Crippen molar-refractivity contribution >= 4 is 16.9 Å². The first-order chi connectivity index (χ1) is 4.85. The van der Waals surface area contributed by atoms with Crippen LogP contribution in [0.5, 0.6) is 0 Å². The van der Waals surface area contributed by atoms with Crippen LogP contribution < -0.4 is 5.32 Å². The fraction of sp³-hybridized carbons (Fsp3) is 0.600. The Bertz CT molecular complexity index is 151. The molecule has 0 aliphatic carbocycles. The van der Waals surface area contributed by atoms with Gasteiger partial charge in [0.25, 0.3) is 0 Å². The average Bonchev–Trinajstić information content (AvgIpc) is 1.98. The number of amidine groups is 1. The highest BCUT2D eigenvalue weighted by atomic mass is 32.2. The van der Waals surface area contributed by atoms with Crippen molar-refractivity contribution in [2.75, 3.05) is 19.4 Å². The Hall–Kier alpha value is -0.730. The molecule has 0 aromatic rings. The van der Waals surface area contributed by atoms with Crippen LogP contribution in [0.2, 0.25) is 0 Å².